The van der Waals surface area contributed by atoms with Gasteiger partial charge in [-0.05, 0) is 55.4 Å². The molecule has 0 radical (unpaired) electrons. The third-order valence-electron chi connectivity index (χ3n) is 12.0. The molecule has 0 spiro atoms. The van der Waals surface area contributed by atoms with Crippen LogP contribution >= 0.6 is 0 Å². The average molecular weight is 1220 g/mol. The third-order valence-corrected chi connectivity index (χ3v) is 18.9. The van der Waals surface area contributed by atoms with Crippen molar-refractivity contribution in [2.24, 2.45) is 0 Å². The van der Waals surface area contributed by atoms with E-state index in [0.717, 1.165) is 24.4 Å². The van der Waals surface area contributed by atoms with Crippen molar-refractivity contribution in [3.8, 4) is 0 Å². The summed E-state index contributed by atoms with van der Waals surface area (Å²) in [5, 5.41) is 57.2. The van der Waals surface area contributed by atoms with Crippen molar-refractivity contribution >= 4 is 50.1 Å². The Kier molecular flexibility index (Phi) is 21.2. The molecule has 0 aromatic rings. The van der Waals surface area contributed by atoms with Gasteiger partial charge in [-0.15, -0.1) is 0 Å². The molecule has 0 saturated carbocycles. The Labute approximate surface area is 436 Å². The molecule has 8 unspecified atom stereocenters. The van der Waals surface area contributed by atoms with Crippen LogP contribution in [-0.4, -0.2) is 250 Å². The molecule has 24 nitrogen and oxygen atoms in total. The number of hydrogen-bond acceptors (Lipinski definition) is 24. The molecule has 8 rings (SSSR count). The maximum atomic E-state index is 11.6. The molecule has 8 aliphatic heterocycles. The van der Waals surface area contributed by atoms with Crippen LogP contribution in [0.2, 0.25) is 20.3 Å². The summed E-state index contributed by atoms with van der Waals surface area (Å²) in [5.74, 6) is -4.58. The molecule has 6 N–H and O–H groups in total. The zero-order valence-electron chi connectivity index (χ0n) is 43.6. The molecule has 8 aliphatic rings. The molecule has 72 heavy (non-hydrogen) atoms. The summed E-state index contributed by atoms with van der Waals surface area (Å²) in [6.07, 6.45) is -6.49. The zero-order chi connectivity index (χ0) is 54.2. The third kappa shape index (κ3) is 18.1. The van der Waals surface area contributed by atoms with Crippen molar-refractivity contribution in [1.82, 2.24) is 0 Å². The summed E-state index contributed by atoms with van der Waals surface area (Å²) in [6.45, 7) is 22.0. The van der Waals surface area contributed by atoms with E-state index in [-0.39, 0.29) is 71.1 Å². The number of aliphatic hydroxyl groups excluding tert-OH is 6. The van der Waals surface area contributed by atoms with E-state index in [9.17, 15) is 32.2 Å². The Morgan fingerprint density at radius 2 is 0.972 bits per heavy atom. The fourth-order valence-corrected chi connectivity index (χ4v) is 15.0. The van der Waals surface area contributed by atoms with Crippen molar-refractivity contribution in [2.75, 3.05) is 52.2 Å². The van der Waals surface area contributed by atoms with Gasteiger partial charge in [0.15, 0.2) is 23.1 Å². The molecular formula is C44H80O24S2Se2. The van der Waals surface area contributed by atoms with Crippen LogP contribution in [0.1, 0.15) is 83.1 Å². The molecule has 0 aromatic carbocycles. The molecule has 8 fully saturated rings. The van der Waals surface area contributed by atoms with Crippen LogP contribution in [0, 0.1) is 0 Å². The summed E-state index contributed by atoms with van der Waals surface area (Å²) >= 11 is 0.554. The van der Waals surface area contributed by atoms with Crippen molar-refractivity contribution in [2.45, 2.75) is 224 Å². The molecular weight excluding hydrogens is 1130 g/mol. The van der Waals surface area contributed by atoms with E-state index in [0.29, 0.717) is 25.1 Å². The van der Waals surface area contributed by atoms with E-state index in [2.05, 4.69) is 0 Å². The first-order valence-electron chi connectivity index (χ1n) is 23.8. The van der Waals surface area contributed by atoms with Gasteiger partial charge in [-0.25, -0.2) is 0 Å². The predicted molar refractivity (Wildman–Crippen MR) is 254 cm³/mol. The van der Waals surface area contributed by atoms with E-state index in [1.807, 2.05) is 27.7 Å². The Bertz CT molecular complexity index is 1970. The van der Waals surface area contributed by atoms with Crippen molar-refractivity contribution in [3.63, 3.8) is 0 Å². The number of fused-ring (bicyclic) bond motifs is 3. The Morgan fingerprint density at radius 3 is 1.53 bits per heavy atom. The molecule has 28 heteroatoms. The van der Waals surface area contributed by atoms with Gasteiger partial charge in [0.05, 0.1) is 38.9 Å². The average Bonchev–Trinajstić information content (AvgIpc) is 3.87. The van der Waals surface area contributed by atoms with Gasteiger partial charge in [0.1, 0.15) is 48.8 Å². The number of hydrogen-bond donors (Lipinski definition) is 6. The molecule has 0 aliphatic carbocycles. The van der Waals surface area contributed by atoms with Crippen LogP contribution in [0.5, 0.6) is 0 Å². The second kappa shape index (κ2) is 24.2. The van der Waals surface area contributed by atoms with Crippen molar-refractivity contribution in [3.05, 3.63) is 0 Å². The van der Waals surface area contributed by atoms with Gasteiger partial charge >= 0.3 is 179 Å². The van der Waals surface area contributed by atoms with Gasteiger partial charge in [0, 0.05) is 0 Å². The summed E-state index contributed by atoms with van der Waals surface area (Å²) in [7, 11) is -7.49. The quantitative estimate of drug-likeness (QED) is 0.126. The van der Waals surface area contributed by atoms with Gasteiger partial charge in [-0.1, -0.05) is 0 Å². The van der Waals surface area contributed by atoms with E-state index in [1.54, 1.807) is 55.4 Å². The minimum atomic E-state index is -3.79. The Morgan fingerprint density at radius 1 is 0.486 bits per heavy atom. The molecule has 16 atom stereocenters. The molecule has 0 aromatic heterocycles. The van der Waals surface area contributed by atoms with Crippen LogP contribution in [0.3, 0.4) is 0 Å². The maximum absolute atomic E-state index is 11.6. The fraction of sp³-hybridized carbons (Fsp3) is 1.00. The molecule has 8 heterocycles. The Balaban J connectivity index is 0.000000186. The number of aliphatic hydroxyl groups is 6. The first-order valence-corrected chi connectivity index (χ1v) is 31.8. The number of rotatable bonds is 9. The number of ether oxygens (including phenoxy) is 12. The van der Waals surface area contributed by atoms with Gasteiger partial charge in [-0.3, -0.25) is 8.37 Å². The van der Waals surface area contributed by atoms with E-state index in [4.69, 9.17) is 80.5 Å². The summed E-state index contributed by atoms with van der Waals surface area (Å²) in [5.41, 5.74) is 0. The van der Waals surface area contributed by atoms with Crippen molar-refractivity contribution in [1.29, 1.82) is 0 Å². The van der Waals surface area contributed by atoms with Gasteiger partial charge in [-0.2, -0.15) is 16.8 Å². The first kappa shape index (κ1) is 63.0. The van der Waals surface area contributed by atoms with E-state index >= 15 is 0 Å². The molecule has 0 bridgehead atoms. The van der Waals surface area contributed by atoms with Crippen LogP contribution < -0.4 is 0 Å². The standard InChI is InChI=1S/C14H26O10S2.C12H22O6.C12H20O4Se.C6H12O4Se/c1-13(2)19-7-10(24-26(6,17)18)12(22-13)11-9(8-20-25(5,15)16)21-14(3,4)23-11;1-11(2)15-6-7(14)9(17-11)10-8(5-13)16-12(3,4)18-10;1-11(2)13-5-8-10(16-11)9-7(6-17-8)14-12(3,4)15-9;7-1-4-6(10)5(9)3(8)2-11-4/h9-12H,7-8H2,1-6H3;7-10,13-14H,5-6H2,1-4H3;7-10H,5-6H2,1-4H3;3-10H,1-2H2/t9?,10?,11-,12-;7?,8?,9-,10-;7-,8?,9?,10-;3-,4?,5?,6-/m1111/s1. The second-order valence-corrected chi connectivity index (χ2v) is 29.9. The van der Waals surface area contributed by atoms with Crippen molar-refractivity contribution < 1.29 is 113 Å². The van der Waals surface area contributed by atoms with Crippen LogP contribution in [0.25, 0.3) is 0 Å². The predicted octanol–water partition coefficient (Wildman–Crippen LogP) is -0.441. The fourth-order valence-electron chi connectivity index (χ4n) is 9.01. The monoisotopic (exact) mass is 1220 g/mol. The molecule has 424 valence electrons. The van der Waals surface area contributed by atoms with Crippen LogP contribution in [0.15, 0.2) is 0 Å². The van der Waals surface area contributed by atoms with Gasteiger partial charge in [0.2, 0.25) is 0 Å². The Hall–Kier alpha value is 0.139. The SMILES string of the molecule is CC1(C)OCC(O)[C@H]([C@@H]2OC(C)(C)OC2CO)O1.CC1(C)OCC(OS(C)(=O)=O)[C@H]([C@@H]2OC(C)(C)OC2COS(C)(=O)=O)O1.CC1(C)OCC2[Se]C[C@H]3OC(C)(C)OC3[C@@H]2O1.OCC1[Se]C[C@@H](O)C(O)[C@@H]1O. The summed E-state index contributed by atoms with van der Waals surface area (Å²) in [4.78, 5) is 0.287. The topological polar surface area (TPSA) is 319 Å². The second-order valence-electron chi connectivity index (χ2n) is 21.3. The first-order chi connectivity index (χ1) is 32.8. The van der Waals surface area contributed by atoms with E-state index in [1.165, 1.54) is 0 Å². The van der Waals surface area contributed by atoms with Gasteiger partial charge < -0.3 is 48.1 Å². The summed E-state index contributed by atoms with van der Waals surface area (Å²) < 4.78 is 125. The minimum absolute atomic E-state index is 0.0345. The van der Waals surface area contributed by atoms with Gasteiger partial charge in [0.25, 0.3) is 20.2 Å². The molecule has 8 saturated heterocycles. The normalized spacial score (nSPS) is 41.4. The van der Waals surface area contributed by atoms with Crippen LogP contribution in [0.4, 0.5) is 0 Å². The van der Waals surface area contributed by atoms with Crippen LogP contribution in [-0.2, 0) is 85.4 Å². The summed E-state index contributed by atoms with van der Waals surface area (Å²) in [6, 6.07) is 0. The zero-order valence-corrected chi connectivity index (χ0v) is 48.6. The van der Waals surface area contributed by atoms with E-state index < -0.39 is 122 Å². The molecule has 0 amide bonds.